The third-order valence-corrected chi connectivity index (χ3v) is 8.19. The highest BCUT2D eigenvalue weighted by Gasteiger charge is 2.56. The van der Waals surface area contributed by atoms with E-state index >= 15 is 0 Å². The quantitative estimate of drug-likeness (QED) is 0.577. The molecule has 4 aliphatic carbocycles. The van der Waals surface area contributed by atoms with E-state index < -0.39 is 0 Å². The van der Waals surface area contributed by atoms with Crippen LogP contribution in [0.1, 0.15) is 71.6 Å². The number of aromatic nitrogens is 2. The molecule has 4 aliphatic rings. The summed E-state index contributed by atoms with van der Waals surface area (Å²) in [5, 5.41) is 6.40. The van der Waals surface area contributed by atoms with Crippen molar-refractivity contribution in [3.05, 3.63) is 24.6 Å². The molecule has 0 spiro atoms. The van der Waals surface area contributed by atoms with Crippen molar-refractivity contribution in [2.75, 3.05) is 0 Å². The first-order valence-corrected chi connectivity index (χ1v) is 10.0. The lowest BCUT2D eigenvalue weighted by Crippen LogP contribution is -2.51. The van der Waals surface area contributed by atoms with Gasteiger partial charge in [0.1, 0.15) is 6.26 Å². The largest absolute Gasteiger partial charge is 0.346 e. The summed E-state index contributed by atoms with van der Waals surface area (Å²) in [4.78, 5) is 0. The van der Waals surface area contributed by atoms with Crippen molar-refractivity contribution in [1.29, 1.82) is 0 Å². The zero-order valence-corrected chi connectivity index (χ0v) is 15.3. The van der Waals surface area contributed by atoms with Crippen LogP contribution in [0, 0.1) is 34.5 Å². The molecular weight excluding hydrogens is 296 g/mol. The molecule has 132 valence electrons. The van der Waals surface area contributed by atoms with E-state index in [1.54, 1.807) is 19.3 Å². The first-order chi connectivity index (χ1) is 11.6. The molecule has 3 saturated carbocycles. The standard InChI is InChI=1S/C19H30.C2H2N2O/c1-18-11-5-7-16(18)15-9-8-14-6-3-4-12-19(14,2)17(15)10-13-18;1-2-5-4-3-1/h5,11,14-17H,3-4,6-10,12-13H2,1-2H3;1-2H/t14-,15+,16+,17+,18+,19+;/m1./s1. The van der Waals surface area contributed by atoms with Crippen LogP contribution in [0.3, 0.4) is 0 Å². The Morgan fingerprint density at radius 1 is 1.00 bits per heavy atom. The van der Waals surface area contributed by atoms with Gasteiger partial charge in [0.05, 0.1) is 6.20 Å². The Kier molecular flexibility index (Phi) is 4.30. The maximum absolute atomic E-state index is 4.22. The lowest BCUT2D eigenvalue weighted by Gasteiger charge is -2.59. The molecule has 0 saturated heterocycles. The molecule has 5 rings (SSSR count). The molecular formula is C21H32N2O. The maximum atomic E-state index is 4.22. The SMILES string of the molecule is C[C@]12CCCC[C@@H]1CC[C@@H]1[C@@H]2CC[C@]2(C)C=CC[C@@H]12.c1conn1. The molecule has 0 N–H and O–H groups in total. The molecule has 1 aromatic rings. The normalized spacial score (nSPS) is 46.2. The van der Waals surface area contributed by atoms with Gasteiger partial charge in [-0.2, -0.15) is 0 Å². The van der Waals surface area contributed by atoms with Crippen LogP contribution < -0.4 is 0 Å². The first-order valence-electron chi connectivity index (χ1n) is 10.0. The second-order valence-electron chi connectivity index (χ2n) is 9.17. The average molecular weight is 328 g/mol. The van der Waals surface area contributed by atoms with Crippen molar-refractivity contribution in [3.63, 3.8) is 0 Å². The fourth-order valence-corrected chi connectivity index (χ4v) is 6.91. The fourth-order valence-electron chi connectivity index (χ4n) is 6.91. The minimum Gasteiger partial charge on any atom is -0.346 e. The molecule has 6 atom stereocenters. The van der Waals surface area contributed by atoms with Gasteiger partial charge >= 0.3 is 0 Å². The third kappa shape index (κ3) is 2.64. The highest BCUT2D eigenvalue weighted by molar-refractivity contribution is 5.16. The van der Waals surface area contributed by atoms with Crippen molar-refractivity contribution in [2.24, 2.45) is 34.5 Å². The van der Waals surface area contributed by atoms with Gasteiger partial charge in [-0.3, -0.25) is 0 Å². The Balaban J connectivity index is 0.000000252. The van der Waals surface area contributed by atoms with Crippen LogP contribution in [0.2, 0.25) is 0 Å². The van der Waals surface area contributed by atoms with E-state index in [2.05, 4.69) is 40.9 Å². The Morgan fingerprint density at radius 3 is 2.67 bits per heavy atom. The summed E-state index contributed by atoms with van der Waals surface area (Å²) in [6.45, 7) is 5.23. The molecule has 0 aliphatic heterocycles. The van der Waals surface area contributed by atoms with Crippen molar-refractivity contribution in [3.8, 4) is 0 Å². The van der Waals surface area contributed by atoms with Crippen molar-refractivity contribution < 1.29 is 4.52 Å². The summed E-state index contributed by atoms with van der Waals surface area (Å²) in [7, 11) is 0. The van der Waals surface area contributed by atoms with Gasteiger partial charge in [-0.25, -0.2) is 0 Å². The van der Waals surface area contributed by atoms with E-state index in [0.29, 0.717) is 10.8 Å². The van der Waals surface area contributed by atoms with Crippen LogP contribution in [0.4, 0.5) is 0 Å². The molecule has 0 bridgehead atoms. The zero-order valence-electron chi connectivity index (χ0n) is 15.3. The van der Waals surface area contributed by atoms with Crippen molar-refractivity contribution in [2.45, 2.75) is 71.6 Å². The number of rotatable bonds is 0. The van der Waals surface area contributed by atoms with Gasteiger partial charge in [-0.15, -0.1) is 5.10 Å². The molecule has 0 amide bonds. The van der Waals surface area contributed by atoms with Crippen LogP contribution in [0.15, 0.2) is 29.1 Å². The van der Waals surface area contributed by atoms with Gasteiger partial charge in [0.15, 0.2) is 0 Å². The Morgan fingerprint density at radius 2 is 1.92 bits per heavy atom. The van der Waals surface area contributed by atoms with E-state index in [1.807, 2.05) is 0 Å². The topological polar surface area (TPSA) is 38.9 Å². The minimum absolute atomic E-state index is 0.568. The van der Waals surface area contributed by atoms with Gasteiger partial charge in [-0.1, -0.05) is 38.8 Å². The van der Waals surface area contributed by atoms with E-state index in [-0.39, 0.29) is 0 Å². The maximum Gasteiger partial charge on any atom is 0.144 e. The van der Waals surface area contributed by atoms with Gasteiger partial charge < -0.3 is 4.52 Å². The fraction of sp³-hybridized carbons (Fsp3) is 0.810. The summed E-state index contributed by atoms with van der Waals surface area (Å²) in [6.07, 6.45) is 21.5. The molecule has 1 heterocycles. The lowest BCUT2D eigenvalue weighted by atomic mass is 9.45. The Hall–Kier alpha value is -1.12. The van der Waals surface area contributed by atoms with E-state index in [0.717, 1.165) is 23.7 Å². The van der Waals surface area contributed by atoms with E-state index in [9.17, 15) is 0 Å². The number of fused-ring (bicyclic) bond motifs is 5. The number of nitrogens with zero attached hydrogens (tertiary/aromatic N) is 2. The number of hydrogen-bond acceptors (Lipinski definition) is 3. The average Bonchev–Trinajstić information content (AvgIpc) is 3.26. The van der Waals surface area contributed by atoms with E-state index in [4.69, 9.17) is 0 Å². The molecule has 1 aromatic heterocycles. The summed E-state index contributed by atoms with van der Waals surface area (Å²) in [5.41, 5.74) is 1.28. The molecule has 0 aromatic carbocycles. The van der Waals surface area contributed by atoms with Crippen LogP contribution >= 0.6 is 0 Å². The van der Waals surface area contributed by atoms with Gasteiger partial charge in [0, 0.05) is 5.27 Å². The second kappa shape index (κ2) is 6.31. The summed E-state index contributed by atoms with van der Waals surface area (Å²) < 4.78 is 4.22. The molecule has 24 heavy (non-hydrogen) atoms. The molecule has 3 nitrogen and oxygen atoms in total. The van der Waals surface area contributed by atoms with Crippen molar-refractivity contribution in [1.82, 2.24) is 10.4 Å². The summed E-state index contributed by atoms with van der Waals surface area (Å²) in [6, 6.07) is 0. The van der Waals surface area contributed by atoms with E-state index in [1.165, 1.54) is 51.0 Å². The zero-order chi connectivity index (χ0) is 16.6. The van der Waals surface area contributed by atoms with Crippen LogP contribution in [0.5, 0.6) is 0 Å². The minimum atomic E-state index is 0.568. The van der Waals surface area contributed by atoms with Gasteiger partial charge in [0.25, 0.3) is 0 Å². The van der Waals surface area contributed by atoms with Gasteiger partial charge in [0.2, 0.25) is 0 Å². The molecule has 3 heteroatoms. The van der Waals surface area contributed by atoms with Gasteiger partial charge in [-0.05, 0) is 79.4 Å². The Bertz CT molecular complexity index is 551. The molecule has 3 fully saturated rings. The highest BCUT2D eigenvalue weighted by Crippen LogP contribution is 2.64. The predicted molar refractivity (Wildman–Crippen MR) is 95.2 cm³/mol. The monoisotopic (exact) mass is 328 g/mol. The molecule has 0 unspecified atom stereocenters. The first kappa shape index (κ1) is 16.4. The Labute approximate surface area is 146 Å². The summed E-state index contributed by atoms with van der Waals surface area (Å²) >= 11 is 0. The third-order valence-electron chi connectivity index (χ3n) is 8.19. The summed E-state index contributed by atoms with van der Waals surface area (Å²) in [5.74, 6) is 4.17. The highest BCUT2D eigenvalue weighted by atomic mass is 16.5. The second-order valence-corrected chi connectivity index (χ2v) is 9.17. The number of hydrogen-bond donors (Lipinski definition) is 0. The van der Waals surface area contributed by atoms with Crippen LogP contribution in [-0.2, 0) is 0 Å². The number of allylic oxidation sites excluding steroid dienone is 2. The van der Waals surface area contributed by atoms with Crippen LogP contribution in [-0.4, -0.2) is 10.4 Å². The predicted octanol–water partition coefficient (Wildman–Crippen LogP) is 5.65. The van der Waals surface area contributed by atoms with Crippen molar-refractivity contribution >= 4 is 0 Å². The smallest absolute Gasteiger partial charge is 0.144 e. The molecule has 0 radical (unpaired) electrons. The lowest BCUT2D eigenvalue weighted by molar-refractivity contribution is -0.0969. The van der Waals surface area contributed by atoms with Crippen LogP contribution in [0.25, 0.3) is 0 Å².